The van der Waals surface area contributed by atoms with Gasteiger partial charge in [0.1, 0.15) is 0 Å². The summed E-state index contributed by atoms with van der Waals surface area (Å²) in [6.45, 7) is 13.2. The number of halogens is 2. The van der Waals surface area contributed by atoms with Gasteiger partial charge in [-0.25, -0.2) is 24.3 Å². The minimum absolute atomic E-state index is 0. The van der Waals surface area contributed by atoms with E-state index < -0.39 is 0 Å². The Morgan fingerprint density at radius 3 is 1.21 bits per heavy atom. The van der Waals surface area contributed by atoms with Crippen LogP contribution in [-0.2, 0) is 51.9 Å². The minimum atomic E-state index is 0. The summed E-state index contributed by atoms with van der Waals surface area (Å²) in [6, 6.07) is 13.1. The summed E-state index contributed by atoms with van der Waals surface area (Å²) in [6.07, 6.45) is 4.71. The normalized spacial score (nSPS) is 8.25. The fourth-order valence-electron chi connectivity index (χ4n) is 2.37. The predicted molar refractivity (Wildman–Crippen MR) is 100 cm³/mol. The van der Waals surface area contributed by atoms with E-state index in [0.29, 0.717) is 0 Å². The fraction of sp³-hybridized carbons (Fsp3) is 0.500. The maximum Gasteiger partial charge on any atom is 4.00 e. The molecule has 0 amide bonds. The van der Waals surface area contributed by atoms with E-state index in [9.17, 15) is 0 Å². The van der Waals surface area contributed by atoms with Crippen LogP contribution in [0.1, 0.15) is 49.9 Å². The second-order valence-electron chi connectivity index (χ2n) is 5.14. The SMILES string of the molecule is CCc1ccc[c-]1CC.CCc1ccc[c-]1CC.C[SiH]C.[I-].[I-].[Zr+4]. The van der Waals surface area contributed by atoms with E-state index >= 15 is 0 Å². The van der Waals surface area contributed by atoms with Gasteiger partial charge in [-0.2, -0.15) is 34.4 Å². The largest absolute Gasteiger partial charge is 4.00 e. The third-order valence-corrected chi connectivity index (χ3v) is 3.54. The van der Waals surface area contributed by atoms with Gasteiger partial charge in [0.2, 0.25) is 0 Å². The third kappa shape index (κ3) is 13.5. The Morgan fingerprint density at radius 2 is 1.04 bits per heavy atom. The minimum Gasteiger partial charge on any atom is -1.00 e. The quantitative estimate of drug-likeness (QED) is 0.241. The maximum absolute atomic E-state index is 2.21. The molecule has 0 bridgehead atoms. The molecule has 0 aliphatic heterocycles. The van der Waals surface area contributed by atoms with E-state index in [1.165, 1.54) is 47.9 Å². The van der Waals surface area contributed by atoms with Crippen molar-refractivity contribution in [3.05, 3.63) is 58.7 Å². The van der Waals surface area contributed by atoms with Crippen molar-refractivity contribution in [2.75, 3.05) is 0 Å². The Hall–Kier alpha value is 1.26. The molecule has 0 fully saturated rings. The molecule has 24 heavy (non-hydrogen) atoms. The van der Waals surface area contributed by atoms with Crippen LogP contribution in [0.15, 0.2) is 36.4 Å². The first kappa shape index (κ1) is 32.9. The Balaban J connectivity index is -0.000000130. The van der Waals surface area contributed by atoms with Crippen LogP contribution in [0.3, 0.4) is 0 Å². The molecule has 4 heteroatoms. The first-order chi connectivity index (χ1) is 10.2. The zero-order chi connectivity index (χ0) is 16.1. The third-order valence-electron chi connectivity index (χ3n) is 3.54. The van der Waals surface area contributed by atoms with Gasteiger partial charge in [-0.3, -0.25) is 0 Å². The molecule has 0 spiro atoms. The molecule has 0 aromatic heterocycles. The van der Waals surface area contributed by atoms with Crippen molar-refractivity contribution >= 4 is 9.52 Å². The van der Waals surface area contributed by atoms with Crippen LogP contribution in [-0.4, -0.2) is 9.52 Å². The first-order valence-corrected chi connectivity index (χ1v) is 10.7. The molecule has 135 valence electrons. The van der Waals surface area contributed by atoms with Crippen molar-refractivity contribution in [1.82, 2.24) is 0 Å². The van der Waals surface area contributed by atoms with E-state index in [1.54, 1.807) is 0 Å². The van der Waals surface area contributed by atoms with Gasteiger partial charge >= 0.3 is 26.2 Å². The van der Waals surface area contributed by atoms with Crippen LogP contribution >= 0.6 is 0 Å². The molecule has 0 aliphatic rings. The molecule has 0 unspecified atom stereocenters. The Morgan fingerprint density at radius 1 is 0.750 bits per heavy atom. The molecule has 1 radical (unpaired) electrons. The van der Waals surface area contributed by atoms with Crippen LogP contribution in [0.4, 0.5) is 0 Å². The summed E-state index contributed by atoms with van der Waals surface area (Å²) in [4.78, 5) is 0. The van der Waals surface area contributed by atoms with E-state index in [2.05, 4.69) is 77.2 Å². The topological polar surface area (TPSA) is 0 Å². The maximum atomic E-state index is 2.21. The van der Waals surface area contributed by atoms with Gasteiger partial charge in [0.25, 0.3) is 0 Å². The molecule has 0 heterocycles. The molecule has 2 aromatic carbocycles. The molecule has 0 aliphatic carbocycles. The molecule has 0 nitrogen and oxygen atoms in total. The van der Waals surface area contributed by atoms with Crippen LogP contribution in [0.2, 0.25) is 13.1 Å². The number of hydrogen-bond donors (Lipinski definition) is 0. The predicted octanol–water partition coefficient (Wildman–Crippen LogP) is -0.415. The van der Waals surface area contributed by atoms with Crippen LogP contribution in [0.5, 0.6) is 0 Å². The van der Waals surface area contributed by atoms with Gasteiger partial charge in [0, 0.05) is 9.52 Å². The number of aryl methyl sites for hydroxylation is 4. The molecular weight excluding hydrogens is 613 g/mol. The van der Waals surface area contributed by atoms with E-state index in [-0.39, 0.29) is 74.2 Å². The summed E-state index contributed by atoms with van der Waals surface area (Å²) in [5.41, 5.74) is 6.05. The summed E-state index contributed by atoms with van der Waals surface area (Å²) in [5, 5.41) is 0. The van der Waals surface area contributed by atoms with Crippen molar-refractivity contribution in [3.63, 3.8) is 0 Å². The zero-order valence-corrected chi connectivity index (χ0v) is 24.1. The van der Waals surface area contributed by atoms with Crippen molar-refractivity contribution < 1.29 is 74.2 Å². The number of rotatable bonds is 4. The van der Waals surface area contributed by atoms with Crippen molar-refractivity contribution in [3.8, 4) is 0 Å². The average Bonchev–Trinajstić information content (AvgIpc) is 3.16. The number of hydrogen-bond acceptors (Lipinski definition) is 0. The molecule has 0 saturated carbocycles. The van der Waals surface area contributed by atoms with Gasteiger partial charge in [-0.05, 0) is 0 Å². The molecule has 0 atom stereocenters. The Labute approximate surface area is 206 Å². The van der Waals surface area contributed by atoms with Crippen molar-refractivity contribution in [2.45, 2.75) is 66.5 Å². The second kappa shape index (κ2) is 22.3. The van der Waals surface area contributed by atoms with Crippen molar-refractivity contribution in [1.29, 1.82) is 0 Å². The molecule has 2 rings (SSSR count). The van der Waals surface area contributed by atoms with E-state index in [1.807, 2.05) is 0 Å². The van der Waals surface area contributed by atoms with Gasteiger partial charge < -0.3 is 48.0 Å². The first-order valence-electron chi connectivity index (χ1n) is 8.39. The summed E-state index contributed by atoms with van der Waals surface area (Å²) in [7, 11) is 0.750. The molecule has 2 aromatic rings. The monoisotopic (exact) mass is 645 g/mol. The zero-order valence-electron chi connectivity index (χ0n) is 16.1. The summed E-state index contributed by atoms with van der Waals surface area (Å²) >= 11 is 0. The Kier molecular flexibility index (Phi) is 30.6. The van der Waals surface area contributed by atoms with Gasteiger partial charge in [0.05, 0.1) is 0 Å². The van der Waals surface area contributed by atoms with E-state index in [4.69, 9.17) is 0 Å². The Bertz CT molecular complexity index is 384. The standard InChI is InChI=1S/2C9H13.C2H7Si.2HI.Zr/c2*1-3-8-6-5-7-9(8)4-2;1-3-2;;;/h2*5-7H,3-4H2,1-2H3;3H,1-2H3;2*1H;/q2*-1;;;;+4/p-2. The smallest absolute Gasteiger partial charge is 1.00 e. The molecular formula is C20H33I2SiZr. The van der Waals surface area contributed by atoms with Crippen LogP contribution in [0.25, 0.3) is 0 Å². The molecule has 0 saturated heterocycles. The van der Waals surface area contributed by atoms with Crippen LogP contribution < -0.4 is 48.0 Å². The fourth-order valence-corrected chi connectivity index (χ4v) is 2.37. The van der Waals surface area contributed by atoms with Crippen LogP contribution in [0, 0.1) is 0 Å². The summed E-state index contributed by atoms with van der Waals surface area (Å²) in [5.74, 6) is 0. The average molecular weight is 647 g/mol. The van der Waals surface area contributed by atoms with E-state index in [0.717, 1.165) is 9.52 Å². The van der Waals surface area contributed by atoms with Gasteiger partial charge in [-0.15, -0.1) is 0 Å². The van der Waals surface area contributed by atoms with Gasteiger partial charge in [0.15, 0.2) is 0 Å². The summed E-state index contributed by atoms with van der Waals surface area (Å²) < 4.78 is 0. The molecule has 0 N–H and O–H groups in total. The van der Waals surface area contributed by atoms with Gasteiger partial charge in [-0.1, -0.05) is 66.5 Å². The second-order valence-corrected chi connectivity index (χ2v) is 6.30. The van der Waals surface area contributed by atoms with Crippen molar-refractivity contribution in [2.24, 2.45) is 0 Å².